The van der Waals surface area contributed by atoms with Gasteiger partial charge in [0.2, 0.25) is 0 Å². The Balaban J connectivity index is 2.58. The van der Waals surface area contributed by atoms with Crippen LogP contribution in [0.3, 0.4) is 0 Å². The molecule has 0 bridgehead atoms. The van der Waals surface area contributed by atoms with E-state index in [-0.39, 0.29) is 0 Å². The molecule has 1 aromatic rings. The number of likely N-dealkylation sites (N-methyl/N-ethyl adjacent to an activating group) is 1. The van der Waals surface area contributed by atoms with Gasteiger partial charge in [-0.15, -0.1) is 0 Å². The Morgan fingerprint density at radius 3 is 2.92 bits per heavy atom. The van der Waals surface area contributed by atoms with Gasteiger partial charge in [-0.25, -0.2) is 0 Å². The van der Waals surface area contributed by atoms with Crippen LogP contribution in [0.15, 0.2) is 18.3 Å². The molecule has 1 heterocycles. The number of nitrogens with one attached hydrogen (secondary N) is 1. The molecule has 1 unspecified atom stereocenters. The third-order valence-corrected chi connectivity index (χ3v) is 2.17. The van der Waals surface area contributed by atoms with Gasteiger partial charge in [0.15, 0.2) is 0 Å². The number of aryl methyl sites for hydroxylation is 1. The van der Waals surface area contributed by atoms with E-state index in [1.165, 1.54) is 11.3 Å². The molecule has 0 amide bonds. The van der Waals surface area contributed by atoms with Gasteiger partial charge in [0, 0.05) is 24.4 Å². The first-order chi connectivity index (χ1) is 6.24. The minimum Gasteiger partial charge on any atom is -0.314 e. The normalized spacial score (nSPS) is 12.8. The number of rotatable bonds is 4. The second-order valence-corrected chi connectivity index (χ2v) is 3.43. The highest BCUT2D eigenvalue weighted by atomic mass is 14.9. The molecule has 0 saturated carbocycles. The van der Waals surface area contributed by atoms with Crippen molar-refractivity contribution in [1.82, 2.24) is 10.3 Å². The summed E-state index contributed by atoms with van der Waals surface area (Å²) in [6.45, 7) is 7.45. The summed E-state index contributed by atoms with van der Waals surface area (Å²) < 4.78 is 0. The molecule has 0 aromatic carbocycles. The van der Waals surface area contributed by atoms with E-state index >= 15 is 0 Å². The zero-order valence-corrected chi connectivity index (χ0v) is 8.67. The first-order valence-corrected chi connectivity index (χ1v) is 4.88. The summed E-state index contributed by atoms with van der Waals surface area (Å²) in [4.78, 5) is 4.36. The van der Waals surface area contributed by atoms with Gasteiger partial charge in [-0.1, -0.05) is 13.0 Å². The molecule has 72 valence electrons. The number of hydrogen-bond acceptors (Lipinski definition) is 2. The van der Waals surface area contributed by atoms with Gasteiger partial charge in [0.1, 0.15) is 0 Å². The fraction of sp³-hybridized carbons (Fsp3) is 0.545. The lowest BCUT2D eigenvalue weighted by molar-refractivity contribution is 0.558. The van der Waals surface area contributed by atoms with Gasteiger partial charge in [0.05, 0.1) is 0 Å². The maximum Gasteiger partial charge on any atom is 0.0448 e. The quantitative estimate of drug-likeness (QED) is 0.762. The van der Waals surface area contributed by atoms with Crippen molar-refractivity contribution in [2.24, 2.45) is 0 Å². The van der Waals surface area contributed by atoms with Gasteiger partial charge in [-0.2, -0.15) is 0 Å². The van der Waals surface area contributed by atoms with Gasteiger partial charge in [0.25, 0.3) is 0 Å². The molecule has 1 rings (SSSR count). The number of pyridine rings is 1. The molecular formula is C11H18N2. The maximum atomic E-state index is 4.36. The van der Waals surface area contributed by atoms with Crippen LogP contribution in [0.4, 0.5) is 0 Å². The third-order valence-electron chi connectivity index (χ3n) is 2.17. The lowest BCUT2D eigenvalue weighted by Gasteiger charge is -2.12. The predicted octanol–water partition coefficient (Wildman–Crippen LogP) is 1.93. The van der Waals surface area contributed by atoms with Crippen LogP contribution in [0.2, 0.25) is 0 Å². The molecule has 0 fully saturated rings. The van der Waals surface area contributed by atoms with Crippen molar-refractivity contribution in [3.63, 3.8) is 0 Å². The van der Waals surface area contributed by atoms with Gasteiger partial charge < -0.3 is 5.32 Å². The summed E-state index contributed by atoms with van der Waals surface area (Å²) in [6, 6.07) is 4.61. The molecule has 1 aromatic heterocycles. The molecule has 0 spiro atoms. The van der Waals surface area contributed by atoms with Gasteiger partial charge >= 0.3 is 0 Å². The van der Waals surface area contributed by atoms with Crippen LogP contribution >= 0.6 is 0 Å². The van der Waals surface area contributed by atoms with E-state index in [1.807, 2.05) is 12.3 Å². The molecule has 2 heteroatoms. The molecule has 13 heavy (non-hydrogen) atoms. The first kappa shape index (κ1) is 10.2. The average Bonchev–Trinajstić information content (AvgIpc) is 2.09. The molecule has 0 aliphatic rings. The van der Waals surface area contributed by atoms with Crippen LogP contribution < -0.4 is 5.32 Å². The van der Waals surface area contributed by atoms with Gasteiger partial charge in [-0.05, 0) is 32.0 Å². The molecule has 0 aliphatic carbocycles. The minimum atomic E-state index is 0.513. The van der Waals surface area contributed by atoms with Crippen molar-refractivity contribution in [1.29, 1.82) is 0 Å². The Labute approximate surface area is 80.4 Å². The number of hydrogen-bond donors (Lipinski definition) is 1. The van der Waals surface area contributed by atoms with Crippen LogP contribution in [0.5, 0.6) is 0 Å². The lowest BCUT2D eigenvalue weighted by atomic mass is 10.1. The Kier molecular flexibility index (Phi) is 3.90. The smallest absolute Gasteiger partial charge is 0.0448 e. The van der Waals surface area contributed by atoms with Crippen molar-refractivity contribution in [2.45, 2.75) is 33.2 Å². The number of aromatic nitrogens is 1. The summed E-state index contributed by atoms with van der Waals surface area (Å²) in [5, 5.41) is 3.38. The summed E-state index contributed by atoms with van der Waals surface area (Å²) in [7, 11) is 0. The first-order valence-electron chi connectivity index (χ1n) is 4.88. The highest BCUT2D eigenvalue weighted by molar-refractivity contribution is 5.18. The summed E-state index contributed by atoms with van der Waals surface area (Å²) in [6.07, 6.45) is 2.88. The Hall–Kier alpha value is -0.890. The molecule has 1 N–H and O–H groups in total. The van der Waals surface area contributed by atoms with Crippen LogP contribution in [0, 0.1) is 6.92 Å². The van der Waals surface area contributed by atoms with E-state index < -0.39 is 0 Å². The summed E-state index contributed by atoms with van der Waals surface area (Å²) in [5.74, 6) is 0. The standard InChI is InChI=1S/C11H18N2/c1-4-12-10(3)8-11-9(2)6-5-7-13-11/h5-7,10,12H,4,8H2,1-3H3. The minimum absolute atomic E-state index is 0.513. The van der Waals surface area contributed by atoms with Crippen LogP contribution in [-0.4, -0.2) is 17.6 Å². The third kappa shape index (κ3) is 3.15. The molecular weight excluding hydrogens is 160 g/mol. The topological polar surface area (TPSA) is 24.9 Å². The molecule has 0 radical (unpaired) electrons. The molecule has 0 saturated heterocycles. The van der Waals surface area contributed by atoms with Crippen molar-refractivity contribution in [3.8, 4) is 0 Å². The summed E-state index contributed by atoms with van der Waals surface area (Å²) in [5.41, 5.74) is 2.49. The van der Waals surface area contributed by atoms with E-state index in [4.69, 9.17) is 0 Å². The predicted molar refractivity (Wildman–Crippen MR) is 55.8 cm³/mol. The van der Waals surface area contributed by atoms with Crippen molar-refractivity contribution >= 4 is 0 Å². The molecule has 2 nitrogen and oxygen atoms in total. The van der Waals surface area contributed by atoms with Crippen molar-refractivity contribution in [2.75, 3.05) is 6.54 Å². The average molecular weight is 178 g/mol. The maximum absolute atomic E-state index is 4.36. The highest BCUT2D eigenvalue weighted by Crippen LogP contribution is 2.05. The zero-order chi connectivity index (χ0) is 9.68. The monoisotopic (exact) mass is 178 g/mol. The lowest BCUT2D eigenvalue weighted by Crippen LogP contribution is -2.28. The van der Waals surface area contributed by atoms with Crippen molar-refractivity contribution in [3.05, 3.63) is 29.6 Å². The van der Waals surface area contributed by atoms with Crippen LogP contribution in [-0.2, 0) is 6.42 Å². The highest BCUT2D eigenvalue weighted by Gasteiger charge is 2.04. The Bertz CT molecular complexity index is 258. The van der Waals surface area contributed by atoms with Gasteiger partial charge in [-0.3, -0.25) is 4.98 Å². The van der Waals surface area contributed by atoms with E-state index in [2.05, 4.69) is 37.1 Å². The molecule has 1 atom stereocenters. The SMILES string of the molecule is CCNC(C)Cc1ncccc1C. The fourth-order valence-corrected chi connectivity index (χ4v) is 1.44. The fourth-order valence-electron chi connectivity index (χ4n) is 1.44. The molecule has 0 aliphatic heterocycles. The summed E-state index contributed by atoms with van der Waals surface area (Å²) >= 11 is 0. The number of nitrogens with zero attached hydrogens (tertiary/aromatic N) is 1. The van der Waals surface area contributed by atoms with E-state index in [0.717, 1.165) is 13.0 Å². The second kappa shape index (κ2) is 4.97. The largest absolute Gasteiger partial charge is 0.314 e. The second-order valence-electron chi connectivity index (χ2n) is 3.43. The zero-order valence-electron chi connectivity index (χ0n) is 8.67. The van der Waals surface area contributed by atoms with E-state index in [1.54, 1.807) is 0 Å². The van der Waals surface area contributed by atoms with E-state index in [9.17, 15) is 0 Å². The van der Waals surface area contributed by atoms with Crippen molar-refractivity contribution < 1.29 is 0 Å². The van der Waals surface area contributed by atoms with Crippen LogP contribution in [0.25, 0.3) is 0 Å². The van der Waals surface area contributed by atoms with E-state index in [0.29, 0.717) is 6.04 Å². The Morgan fingerprint density at radius 2 is 2.31 bits per heavy atom. The van der Waals surface area contributed by atoms with Crippen LogP contribution in [0.1, 0.15) is 25.1 Å². The Morgan fingerprint density at radius 1 is 1.54 bits per heavy atom.